The molecule has 112 valence electrons. The fourth-order valence-electron chi connectivity index (χ4n) is 2.81. The topological polar surface area (TPSA) is 20.2 Å². The number of hydrogen-bond donors (Lipinski definition) is 1. The lowest BCUT2D eigenvalue weighted by Crippen LogP contribution is -2.19. The lowest BCUT2D eigenvalue weighted by atomic mass is 9.72. The van der Waals surface area contributed by atoms with Crippen LogP contribution in [-0.4, -0.2) is 11.7 Å². The minimum absolute atomic E-state index is 0.273. The van der Waals surface area contributed by atoms with E-state index in [0.717, 1.165) is 12.8 Å². The van der Waals surface area contributed by atoms with Gasteiger partial charge in [0.2, 0.25) is 0 Å². The summed E-state index contributed by atoms with van der Waals surface area (Å²) in [5, 5.41) is 8.71. The summed E-state index contributed by atoms with van der Waals surface area (Å²) in [5.41, 5.74) is 4.65. The van der Waals surface area contributed by atoms with E-state index in [1.807, 2.05) is 0 Å². The summed E-state index contributed by atoms with van der Waals surface area (Å²) in [7, 11) is 0. The van der Waals surface area contributed by atoms with Gasteiger partial charge in [0.1, 0.15) is 0 Å². The highest BCUT2D eigenvalue weighted by Crippen LogP contribution is 2.40. The van der Waals surface area contributed by atoms with Crippen molar-refractivity contribution in [2.45, 2.75) is 59.8 Å². The van der Waals surface area contributed by atoms with Crippen LogP contribution in [0.3, 0.4) is 0 Å². The fraction of sp³-hybridized carbons (Fsp3) is 0.579. The Hall–Kier alpha value is -1.08. The third kappa shape index (κ3) is 5.50. The van der Waals surface area contributed by atoms with Gasteiger partial charge < -0.3 is 5.11 Å². The average Bonchev–Trinajstić information content (AvgIpc) is 2.37. The lowest BCUT2D eigenvalue weighted by molar-refractivity contribution is 0.289. The second kappa shape index (κ2) is 8.26. The molecule has 0 fully saturated rings. The molecule has 0 heterocycles. The van der Waals surface area contributed by atoms with Crippen molar-refractivity contribution in [1.82, 2.24) is 0 Å². The van der Waals surface area contributed by atoms with Crippen molar-refractivity contribution in [3.8, 4) is 0 Å². The molecule has 0 unspecified atom stereocenters. The van der Waals surface area contributed by atoms with Crippen LogP contribution >= 0.6 is 0 Å². The normalized spacial score (nSPS) is 20.4. The molecule has 0 aromatic heterocycles. The smallest absolute Gasteiger partial charge is 0.0433 e. The summed E-state index contributed by atoms with van der Waals surface area (Å²) in [4.78, 5) is 0. The molecule has 0 bridgehead atoms. The van der Waals surface area contributed by atoms with E-state index in [-0.39, 0.29) is 6.61 Å². The maximum absolute atomic E-state index is 8.71. The molecule has 1 heteroatoms. The second-order valence-corrected chi connectivity index (χ2v) is 6.47. The van der Waals surface area contributed by atoms with E-state index < -0.39 is 0 Å². The summed E-state index contributed by atoms with van der Waals surface area (Å²) < 4.78 is 0. The molecular formula is C19H30O. The Balaban J connectivity index is 2.66. The number of rotatable bonds is 6. The highest BCUT2D eigenvalue weighted by molar-refractivity contribution is 5.36. The summed E-state index contributed by atoms with van der Waals surface area (Å²) in [6.07, 6.45) is 16.5. The molecule has 0 spiro atoms. The molecule has 0 radical (unpaired) electrons. The minimum atomic E-state index is 0.273. The van der Waals surface area contributed by atoms with E-state index in [0.29, 0.717) is 5.41 Å². The minimum Gasteiger partial charge on any atom is -0.396 e. The maximum Gasteiger partial charge on any atom is 0.0433 e. The number of hydrogen-bond acceptors (Lipinski definition) is 1. The van der Waals surface area contributed by atoms with Gasteiger partial charge in [0.05, 0.1) is 0 Å². The monoisotopic (exact) mass is 274 g/mol. The van der Waals surface area contributed by atoms with Crippen LogP contribution in [0.5, 0.6) is 0 Å². The largest absolute Gasteiger partial charge is 0.396 e. The number of aliphatic hydroxyl groups is 1. The van der Waals surface area contributed by atoms with Gasteiger partial charge in [0.25, 0.3) is 0 Å². The molecule has 1 aliphatic carbocycles. The third-order valence-electron chi connectivity index (χ3n) is 4.08. The summed E-state index contributed by atoms with van der Waals surface area (Å²) in [6, 6.07) is 0. The van der Waals surface area contributed by atoms with Crippen molar-refractivity contribution in [2.24, 2.45) is 5.41 Å². The van der Waals surface area contributed by atoms with Gasteiger partial charge in [-0.1, -0.05) is 55.4 Å². The van der Waals surface area contributed by atoms with Crippen LogP contribution in [-0.2, 0) is 0 Å². The Morgan fingerprint density at radius 1 is 1.35 bits per heavy atom. The highest BCUT2D eigenvalue weighted by atomic mass is 16.2. The van der Waals surface area contributed by atoms with E-state index >= 15 is 0 Å². The predicted octanol–water partition coefficient (Wildman–Crippen LogP) is 5.34. The van der Waals surface area contributed by atoms with E-state index in [1.54, 1.807) is 5.57 Å². The van der Waals surface area contributed by atoms with Gasteiger partial charge in [-0.05, 0) is 56.9 Å². The zero-order chi connectivity index (χ0) is 15.0. The van der Waals surface area contributed by atoms with Crippen molar-refractivity contribution in [1.29, 1.82) is 0 Å². The fourth-order valence-corrected chi connectivity index (χ4v) is 2.81. The van der Waals surface area contributed by atoms with Crippen LogP contribution in [0.4, 0.5) is 0 Å². The van der Waals surface area contributed by atoms with Crippen molar-refractivity contribution >= 4 is 0 Å². The Morgan fingerprint density at radius 3 is 2.75 bits per heavy atom. The summed E-state index contributed by atoms with van der Waals surface area (Å²) in [5.74, 6) is 0. The summed E-state index contributed by atoms with van der Waals surface area (Å²) in [6.45, 7) is 9.38. The van der Waals surface area contributed by atoms with E-state index in [1.165, 1.54) is 30.4 Å². The molecule has 1 aliphatic rings. The van der Waals surface area contributed by atoms with E-state index in [9.17, 15) is 0 Å². The Morgan fingerprint density at radius 2 is 2.10 bits per heavy atom. The Kier molecular flexibility index (Phi) is 7.01. The molecule has 20 heavy (non-hydrogen) atoms. The van der Waals surface area contributed by atoms with Crippen LogP contribution < -0.4 is 0 Å². The van der Waals surface area contributed by atoms with Crippen molar-refractivity contribution in [2.75, 3.05) is 6.61 Å². The van der Waals surface area contributed by atoms with Gasteiger partial charge in [-0.3, -0.25) is 0 Å². The average molecular weight is 274 g/mol. The first-order valence-corrected chi connectivity index (χ1v) is 7.80. The van der Waals surface area contributed by atoms with Crippen LogP contribution in [0, 0.1) is 5.41 Å². The van der Waals surface area contributed by atoms with Crippen molar-refractivity contribution in [3.63, 3.8) is 0 Å². The Bertz CT molecular complexity index is 419. The molecule has 0 atom stereocenters. The second-order valence-electron chi connectivity index (χ2n) is 6.47. The molecule has 0 amide bonds. The first kappa shape index (κ1) is 17.0. The van der Waals surface area contributed by atoms with Gasteiger partial charge in [-0.15, -0.1) is 0 Å². The first-order valence-electron chi connectivity index (χ1n) is 7.80. The van der Waals surface area contributed by atoms with Gasteiger partial charge in [0.15, 0.2) is 0 Å². The van der Waals surface area contributed by atoms with Gasteiger partial charge >= 0.3 is 0 Å². The maximum atomic E-state index is 8.71. The molecule has 1 nitrogen and oxygen atoms in total. The van der Waals surface area contributed by atoms with Crippen LogP contribution in [0.25, 0.3) is 0 Å². The van der Waals surface area contributed by atoms with Gasteiger partial charge in [-0.25, -0.2) is 0 Å². The van der Waals surface area contributed by atoms with Crippen molar-refractivity contribution < 1.29 is 5.11 Å². The number of aliphatic hydroxyl groups excluding tert-OH is 1. The summed E-state index contributed by atoms with van der Waals surface area (Å²) >= 11 is 0. The SMILES string of the molecule is CC1=C(/C=C/C(C)=C/C=C/CCCO)C(C)(C)CCC1. The number of unbranched alkanes of at least 4 members (excludes halogenated alkanes) is 1. The van der Waals surface area contributed by atoms with E-state index in [4.69, 9.17) is 5.11 Å². The van der Waals surface area contributed by atoms with Crippen LogP contribution in [0.15, 0.2) is 47.1 Å². The standard InChI is InChI=1S/C19H30O/c1-16(10-7-5-6-8-15-20)12-13-18-17(2)11-9-14-19(18,3)4/h5,7,10,12-13,20H,6,8-9,11,14-15H2,1-4H3/b7-5+,13-12+,16-10+. The molecule has 1 N–H and O–H groups in total. The van der Waals surface area contributed by atoms with Crippen LogP contribution in [0.1, 0.15) is 59.8 Å². The highest BCUT2D eigenvalue weighted by Gasteiger charge is 2.26. The van der Waals surface area contributed by atoms with Gasteiger partial charge in [-0.2, -0.15) is 0 Å². The molecule has 0 aromatic carbocycles. The van der Waals surface area contributed by atoms with Crippen molar-refractivity contribution in [3.05, 3.63) is 47.1 Å². The molecule has 1 rings (SSSR count). The molecule has 0 saturated heterocycles. The van der Waals surface area contributed by atoms with Gasteiger partial charge in [0, 0.05) is 6.61 Å². The predicted molar refractivity (Wildman–Crippen MR) is 88.7 cm³/mol. The first-order chi connectivity index (χ1) is 9.47. The zero-order valence-electron chi connectivity index (χ0n) is 13.6. The lowest BCUT2D eigenvalue weighted by Gasteiger charge is -2.32. The van der Waals surface area contributed by atoms with E-state index in [2.05, 4.69) is 58.1 Å². The quantitative estimate of drug-likeness (QED) is 0.511. The molecular weight excluding hydrogens is 244 g/mol. The third-order valence-corrected chi connectivity index (χ3v) is 4.08. The molecule has 0 aromatic rings. The molecule has 0 saturated carbocycles. The number of allylic oxidation sites excluding steroid dienone is 8. The Labute approximate surface area is 124 Å². The molecule has 0 aliphatic heterocycles. The van der Waals surface area contributed by atoms with Crippen LogP contribution in [0.2, 0.25) is 0 Å². The zero-order valence-corrected chi connectivity index (χ0v) is 13.6.